The first-order chi connectivity index (χ1) is 5.47. The molecule has 0 aliphatic carbocycles. The number of nitrogens with zero attached hydrogens (tertiary/aromatic N) is 1. The molecule has 4 heteroatoms. The summed E-state index contributed by atoms with van der Waals surface area (Å²) < 4.78 is 0.259. The summed E-state index contributed by atoms with van der Waals surface area (Å²) in [5, 5.41) is 12.2. The summed E-state index contributed by atoms with van der Waals surface area (Å²) in [7, 11) is 0. The van der Waals surface area contributed by atoms with E-state index in [1.165, 1.54) is 0 Å². The molecule has 0 heterocycles. The molecule has 0 aromatic heterocycles. The molecule has 12 heavy (non-hydrogen) atoms. The Bertz CT molecular complexity index is 159. The molecule has 0 fully saturated rings. The van der Waals surface area contributed by atoms with Gasteiger partial charge in [-0.3, -0.25) is 0 Å². The molecule has 0 aliphatic heterocycles. The highest BCUT2D eigenvalue weighted by molar-refractivity contribution is 8.17. The summed E-state index contributed by atoms with van der Waals surface area (Å²) in [4.78, 5) is 0. The third-order valence-corrected chi connectivity index (χ3v) is 3.99. The normalized spacial score (nSPS) is 14.0. The van der Waals surface area contributed by atoms with Crippen molar-refractivity contribution in [2.24, 2.45) is 10.6 Å². The Morgan fingerprint density at radius 3 is 1.75 bits per heavy atom. The van der Waals surface area contributed by atoms with Gasteiger partial charge in [0, 0.05) is 5.41 Å². The van der Waals surface area contributed by atoms with Crippen LogP contribution >= 0.6 is 23.5 Å². The van der Waals surface area contributed by atoms with Crippen LogP contribution in [0.3, 0.4) is 0 Å². The Hall–Kier alpha value is 0.170. The first-order valence-corrected chi connectivity index (χ1v) is 6.33. The highest BCUT2D eigenvalue weighted by atomic mass is 32.2. The first-order valence-electron chi connectivity index (χ1n) is 3.75. The van der Waals surface area contributed by atoms with Gasteiger partial charge in [0.1, 0.15) is 0 Å². The largest absolute Gasteiger partial charge is 0.411 e. The van der Waals surface area contributed by atoms with Crippen LogP contribution < -0.4 is 0 Å². The van der Waals surface area contributed by atoms with Crippen LogP contribution in [0.15, 0.2) is 5.16 Å². The van der Waals surface area contributed by atoms with E-state index < -0.39 is 0 Å². The van der Waals surface area contributed by atoms with E-state index in [-0.39, 0.29) is 10.00 Å². The van der Waals surface area contributed by atoms with E-state index >= 15 is 0 Å². The summed E-state index contributed by atoms with van der Waals surface area (Å²) in [6, 6.07) is 0. The molecule has 0 amide bonds. The Morgan fingerprint density at radius 2 is 1.67 bits per heavy atom. The molecule has 0 atom stereocenters. The third-order valence-electron chi connectivity index (χ3n) is 1.53. The predicted octanol–water partition coefficient (Wildman–Crippen LogP) is 2.91. The lowest BCUT2D eigenvalue weighted by Gasteiger charge is -2.24. The standard InChI is InChI=1S/C8H17NOS2/c1-8(2,3)6(9-10)7(11-4)12-5/h7,10H,1-5H3/b9-6+. The smallest absolute Gasteiger partial charge is 0.0915 e. The van der Waals surface area contributed by atoms with Crippen molar-refractivity contribution in [3.63, 3.8) is 0 Å². The van der Waals surface area contributed by atoms with Gasteiger partial charge in [0.05, 0.1) is 10.3 Å². The number of oxime groups is 1. The fourth-order valence-electron chi connectivity index (χ4n) is 0.870. The van der Waals surface area contributed by atoms with Gasteiger partial charge in [0.2, 0.25) is 0 Å². The van der Waals surface area contributed by atoms with Crippen molar-refractivity contribution in [2.45, 2.75) is 25.4 Å². The van der Waals surface area contributed by atoms with Gasteiger partial charge in [0.15, 0.2) is 0 Å². The third kappa shape index (κ3) is 3.27. The average molecular weight is 207 g/mol. The van der Waals surface area contributed by atoms with E-state index in [9.17, 15) is 0 Å². The lowest BCUT2D eigenvalue weighted by molar-refractivity contribution is 0.310. The van der Waals surface area contributed by atoms with Gasteiger partial charge >= 0.3 is 0 Å². The van der Waals surface area contributed by atoms with Crippen molar-refractivity contribution in [3.8, 4) is 0 Å². The van der Waals surface area contributed by atoms with E-state index in [2.05, 4.69) is 25.9 Å². The molecule has 0 saturated heterocycles. The average Bonchev–Trinajstić information content (AvgIpc) is 1.97. The molecule has 0 radical (unpaired) electrons. The van der Waals surface area contributed by atoms with Crippen LogP contribution in [0.2, 0.25) is 0 Å². The number of rotatable bonds is 3. The van der Waals surface area contributed by atoms with Crippen LogP contribution in [-0.4, -0.2) is 28.0 Å². The minimum absolute atomic E-state index is 0.0502. The van der Waals surface area contributed by atoms with Gasteiger partial charge in [-0.1, -0.05) is 25.9 Å². The highest BCUT2D eigenvalue weighted by Gasteiger charge is 2.26. The van der Waals surface area contributed by atoms with Crippen LogP contribution in [0.1, 0.15) is 20.8 Å². The lowest BCUT2D eigenvalue weighted by Crippen LogP contribution is -2.28. The zero-order chi connectivity index (χ0) is 9.78. The summed E-state index contributed by atoms with van der Waals surface area (Å²) in [6.07, 6.45) is 4.05. The minimum atomic E-state index is -0.0502. The fourth-order valence-corrected chi connectivity index (χ4v) is 2.89. The van der Waals surface area contributed by atoms with E-state index in [0.29, 0.717) is 0 Å². The van der Waals surface area contributed by atoms with E-state index in [0.717, 1.165) is 5.71 Å². The Labute approximate surface area is 83.2 Å². The van der Waals surface area contributed by atoms with Crippen LogP contribution in [-0.2, 0) is 0 Å². The van der Waals surface area contributed by atoms with Crippen molar-refractivity contribution in [3.05, 3.63) is 0 Å². The molecule has 72 valence electrons. The molecule has 0 unspecified atom stereocenters. The molecule has 0 aromatic rings. The minimum Gasteiger partial charge on any atom is -0.411 e. The summed E-state index contributed by atoms with van der Waals surface area (Å²) >= 11 is 3.40. The fraction of sp³-hybridized carbons (Fsp3) is 0.875. The molecular weight excluding hydrogens is 190 g/mol. The highest BCUT2D eigenvalue weighted by Crippen LogP contribution is 2.29. The van der Waals surface area contributed by atoms with Gasteiger partial charge in [0.25, 0.3) is 0 Å². The van der Waals surface area contributed by atoms with Crippen LogP contribution in [0.5, 0.6) is 0 Å². The number of thioether (sulfide) groups is 2. The Kier molecular flexibility index (Phi) is 5.09. The Morgan fingerprint density at radius 1 is 1.25 bits per heavy atom. The molecule has 0 spiro atoms. The maximum absolute atomic E-state index is 8.86. The quantitative estimate of drug-likeness (QED) is 0.334. The molecule has 0 saturated carbocycles. The van der Waals surface area contributed by atoms with Crippen LogP contribution in [0, 0.1) is 5.41 Å². The molecule has 0 aliphatic rings. The van der Waals surface area contributed by atoms with E-state index in [1.54, 1.807) is 23.5 Å². The second kappa shape index (κ2) is 5.02. The molecule has 2 nitrogen and oxygen atoms in total. The van der Waals surface area contributed by atoms with Crippen molar-refractivity contribution in [1.29, 1.82) is 0 Å². The molecule has 1 N–H and O–H groups in total. The number of hydrogen-bond acceptors (Lipinski definition) is 4. The van der Waals surface area contributed by atoms with Crippen molar-refractivity contribution in [2.75, 3.05) is 12.5 Å². The molecule has 0 aromatic carbocycles. The van der Waals surface area contributed by atoms with Gasteiger partial charge in [-0.25, -0.2) is 0 Å². The second-order valence-corrected chi connectivity index (χ2v) is 5.72. The zero-order valence-electron chi connectivity index (χ0n) is 8.29. The molecule has 0 bridgehead atoms. The Balaban J connectivity index is 4.56. The summed E-state index contributed by atoms with van der Waals surface area (Å²) in [6.45, 7) is 6.17. The zero-order valence-corrected chi connectivity index (χ0v) is 9.92. The summed E-state index contributed by atoms with van der Waals surface area (Å²) in [5.74, 6) is 0. The lowest BCUT2D eigenvalue weighted by atomic mass is 9.91. The first kappa shape index (κ1) is 12.2. The maximum Gasteiger partial charge on any atom is 0.0915 e. The van der Waals surface area contributed by atoms with Crippen LogP contribution in [0.4, 0.5) is 0 Å². The van der Waals surface area contributed by atoms with Gasteiger partial charge in [-0.15, -0.1) is 23.5 Å². The van der Waals surface area contributed by atoms with Crippen LogP contribution in [0.25, 0.3) is 0 Å². The molecule has 0 rings (SSSR count). The van der Waals surface area contributed by atoms with Gasteiger partial charge in [-0.2, -0.15) is 0 Å². The monoisotopic (exact) mass is 207 g/mol. The van der Waals surface area contributed by atoms with Crippen molar-refractivity contribution < 1.29 is 5.21 Å². The van der Waals surface area contributed by atoms with Crippen molar-refractivity contribution in [1.82, 2.24) is 0 Å². The molecular formula is C8H17NOS2. The second-order valence-electron chi connectivity index (χ2n) is 3.54. The van der Waals surface area contributed by atoms with Crippen molar-refractivity contribution >= 4 is 29.2 Å². The van der Waals surface area contributed by atoms with Gasteiger partial charge in [-0.05, 0) is 12.5 Å². The predicted molar refractivity (Wildman–Crippen MR) is 59.5 cm³/mol. The van der Waals surface area contributed by atoms with Gasteiger partial charge < -0.3 is 5.21 Å². The van der Waals surface area contributed by atoms with E-state index in [4.69, 9.17) is 5.21 Å². The maximum atomic E-state index is 8.86. The SMILES string of the molecule is CSC(SC)/C(=N\O)C(C)(C)C. The van der Waals surface area contributed by atoms with E-state index in [1.807, 2.05) is 12.5 Å². The topological polar surface area (TPSA) is 32.6 Å². The summed E-state index contributed by atoms with van der Waals surface area (Å²) in [5.41, 5.74) is 0.799. The number of hydrogen-bond donors (Lipinski definition) is 1.